The molecule has 1 fully saturated rings. The molecule has 2 atom stereocenters. The zero-order valence-electron chi connectivity index (χ0n) is 9.34. The number of aromatic nitrogens is 2. The molecule has 17 heavy (non-hydrogen) atoms. The van der Waals surface area contributed by atoms with E-state index in [1.165, 1.54) is 11.1 Å². The molecule has 1 aliphatic carbocycles. The van der Waals surface area contributed by atoms with Gasteiger partial charge in [0, 0.05) is 17.9 Å². The maximum atomic E-state index is 11.7. The van der Waals surface area contributed by atoms with Crippen molar-refractivity contribution in [2.45, 2.75) is 18.9 Å². The predicted octanol–water partition coefficient (Wildman–Crippen LogP) is 2.43. The largest absolute Gasteiger partial charge is 0.322 e. The summed E-state index contributed by atoms with van der Waals surface area (Å²) in [6.45, 7) is 0. The van der Waals surface area contributed by atoms with E-state index in [1.807, 2.05) is 18.6 Å². The van der Waals surface area contributed by atoms with Crippen molar-refractivity contribution in [3.05, 3.63) is 42.4 Å². The van der Waals surface area contributed by atoms with Crippen LogP contribution in [0.4, 0.5) is 0 Å². The number of rotatable bonds is 1. The fourth-order valence-electron chi connectivity index (χ4n) is 3.05. The Kier molecular flexibility index (Phi) is 1.65. The van der Waals surface area contributed by atoms with Gasteiger partial charge >= 0.3 is 0 Å². The molecule has 2 unspecified atom stereocenters. The molecule has 1 aromatic heterocycles. The maximum Gasteiger partial charge on any atom is 0.138 e. The highest BCUT2D eigenvalue weighted by atomic mass is 16.1. The fourth-order valence-corrected chi connectivity index (χ4v) is 3.05. The van der Waals surface area contributed by atoms with Crippen LogP contribution in [0.25, 0.3) is 11.3 Å². The van der Waals surface area contributed by atoms with Gasteiger partial charge in [0.1, 0.15) is 5.78 Å². The Morgan fingerprint density at radius 1 is 1.29 bits per heavy atom. The van der Waals surface area contributed by atoms with Crippen LogP contribution in [0.2, 0.25) is 0 Å². The number of nitrogens with zero attached hydrogens (tertiary/aromatic N) is 2. The first-order valence-electron chi connectivity index (χ1n) is 6.00. The van der Waals surface area contributed by atoms with Crippen LogP contribution in [0.3, 0.4) is 0 Å². The number of Topliss-reactive ketones (excluding diaryl/α,β-unsaturated/α-hetero) is 1. The lowest BCUT2D eigenvalue weighted by Crippen LogP contribution is -2.33. The first-order valence-corrected chi connectivity index (χ1v) is 6.00. The molecule has 2 heterocycles. The van der Waals surface area contributed by atoms with E-state index < -0.39 is 0 Å². The lowest BCUT2D eigenvalue weighted by Gasteiger charge is -2.31. The van der Waals surface area contributed by atoms with E-state index in [9.17, 15) is 4.79 Å². The second-order valence-electron chi connectivity index (χ2n) is 4.83. The first kappa shape index (κ1) is 9.16. The van der Waals surface area contributed by atoms with E-state index in [2.05, 4.69) is 27.8 Å². The molecule has 0 bridgehead atoms. The number of hydrogen-bond donors (Lipinski definition) is 0. The SMILES string of the molecule is O=C1CCC1C1c2ccccc2-c2cncn21. The Bertz CT molecular complexity index is 614. The average Bonchev–Trinajstić information content (AvgIpc) is 2.91. The molecule has 3 heteroatoms. The monoisotopic (exact) mass is 224 g/mol. The Morgan fingerprint density at radius 2 is 2.18 bits per heavy atom. The molecule has 1 aliphatic heterocycles. The summed E-state index contributed by atoms with van der Waals surface area (Å²) in [7, 11) is 0. The molecule has 0 radical (unpaired) electrons. The Labute approximate surface area is 99.1 Å². The van der Waals surface area contributed by atoms with Crippen molar-refractivity contribution in [1.82, 2.24) is 9.55 Å². The Morgan fingerprint density at radius 3 is 2.94 bits per heavy atom. The second kappa shape index (κ2) is 3.06. The highest BCUT2D eigenvalue weighted by Gasteiger charge is 2.41. The van der Waals surface area contributed by atoms with Crippen LogP contribution < -0.4 is 0 Å². The number of carbonyl (C=O) groups is 1. The zero-order valence-corrected chi connectivity index (χ0v) is 9.34. The summed E-state index contributed by atoms with van der Waals surface area (Å²) in [6.07, 6.45) is 5.50. The lowest BCUT2D eigenvalue weighted by molar-refractivity contribution is -0.130. The van der Waals surface area contributed by atoms with Crippen molar-refractivity contribution >= 4 is 5.78 Å². The van der Waals surface area contributed by atoms with Gasteiger partial charge in [-0.1, -0.05) is 24.3 Å². The minimum Gasteiger partial charge on any atom is -0.322 e. The highest BCUT2D eigenvalue weighted by molar-refractivity contribution is 5.88. The van der Waals surface area contributed by atoms with Crippen LogP contribution in [0, 0.1) is 5.92 Å². The van der Waals surface area contributed by atoms with E-state index in [1.54, 1.807) is 0 Å². The van der Waals surface area contributed by atoms with Crippen LogP contribution in [-0.4, -0.2) is 15.3 Å². The summed E-state index contributed by atoms with van der Waals surface area (Å²) in [6, 6.07) is 8.53. The number of imidazole rings is 1. The van der Waals surface area contributed by atoms with E-state index >= 15 is 0 Å². The molecule has 1 aromatic carbocycles. The van der Waals surface area contributed by atoms with Crippen LogP contribution in [0.1, 0.15) is 24.4 Å². The summed E-state index contributed by atoms with van der Waals surface area (Å²) in [5, 5.41) is 0. The normalized spacial score (nSPS) is 25.3. The molecule has 3 nitrogen and oxygen atoms in total. The van der Waals surface area contributed by atoms with Crippen molar-refractivity contribution in [3.63, 3.8) is 0 Å². The van der Waals surface area contributed by atoms with Crippen LogP contribution >= 0.6 is 0 Å². The maximum absolute atomic E-state index is 11.7. The van der Waals surface area contributed by atoms with Gasteiger partial charge < -0.3 is 4.57 Å². The van der Waals surface area contributed by atoms with Crippen molar-refractivity contribution in [3.8, 4) is 11.3 Å². The standard InChI is InChI=1S/C14H12N2O/c17-13-6-5-11(13)14-10-4-2-1-3-9(10)12-7-15-8-16(12)14/h1-4,7-8,11,14H,5-6H2. The number of ketones is 1. The van der Waals surface area contributed by atoms with Gasteiger partial charge in [-0.3, -0.25) is 4.79 Å². The highest BCUT2D eigenvalue weighted by Crippen LogP contribution is 2.47. The Hall–Kier alpha value is -1.90. The second-order valence-corrected chi connectivity index (χ2v) is 4.83. The van der Waals surface area contributed by atoms with Gasteiger partial charge in [0.05, 0.1) is 24.3 Å². The quantitative estimate of drug-likeness (QED) is 0.745. The van der Waals surface area contributed by atoms with Gasteiger partial charge in [-0.05, 0) is 12.0 Å². The van der Waals surface area contributed by atoms with Crippen LogP contribution in [-0.2, 0) is 4.79 Å². The van der Waals surface area contributed by atoms with E-state index in [4.69, 9.17) is 0 Å². The third-order valence-electron chi connectivity index (χ3n) is 4.02. The molecule has 0 saturated heterocycles. The summed E-state index contributed by atoms with van der Waals surface area (Å²) in [5.41, 5.74) is 3.66. The number of fused-ring (bicyclic) bond motifs is 3. The Balaban J connectivity index is 1.93. The molecule has 2 aromatic rings. The lowest BCUT2D eigenvalue weighted by atomic mass is 9.76. The van der Waals surface area contributed by atoms with E-state index in [0.29, 0.717) is 5.78 Å². The van der Waals surface area contributed by atoms with Gasteiger partial charge in [-0.15, -0.1) is 0 Å². The minimum atomic E-state index is 0.159. The van der Waals surface area contributed by atoms with Crippen molar-refractivity contribution < 1.29 is 4.79 Å². The van der Waals surface area contributed by atoms with Crippen molar-refractivity contribution in [2.24, 2.45) is 5.92 Å². The fraction of sp³-hybridized carbons (Fsp3) is 0.286. The van der Waals surface area contributed by atoms with Crippen molar-refractivity contribution in [2.75, 3.05) is 0 Å². The molecule has 0 amide bonds. The summed E-state index contributed by atoms with van der Waals surface area (Å²) < 4.78 is 2.16. The first-order chi connectivity index (χ1) is 8.36. The van der Waals surface area contributed by atoms with Gasteiger partial charge in [0.15, 0.2) is 0 Å². The number of hydrogen-bond acceptors (Lipinski definition) is 2. The third kappa shape index (κ3) is 1.06. The molecule has 0 spiro atoms. The van der Waals surface area contributed by atoms with Gasteiger partial charge in [0.25, 0.3) is 0 Å². The predicted molar refractivity (Wildman–Crippen MR) is 63.5 cm³/mol. The number of benzene rings is 1. The molecule has 4 rings (SSSR count). The van der Waals surface area contributed by atoms with Crippen molar-refractivity contribution in [1.29, 1.82) is 0 Å². The van der Waals surface area contributed by atoms with Crippen LogP contribution in [0.5, 0.6) is 0 Å². The van der Waals surface area contributed by atoms with E-state index in [-0.39, 0.29) is 12.0 Å². The third-order valence-corrected chi connectivity index (χ3v) is 4.02. The topological polar surface area (TPSA) is 34.9 Å². The smallest absolute Gasteiger partial charge is 0.138 e. The van der Waals surface area contributed by atoms with Gasteiger partial charge in [0.2, 0.25) is 0 Å². The van der Waals surface area contributed by atoms with Gasteiger partial charge in [-0.25, -0.2) is 4.98 Å². The zero-order chi connectivity index (χ0) is 11.4. The summed E-state index contributed by atoms with van der Waals surface area (Å²) in [4.78, 5) is 15.9. The molecular weight excluding hydrogens is 212 g/mol. The van der Waals surface area contributed by atoms with Crippen LogP contribution in [0.15, 0.2) is 36.8 Å². The minimum absolute atomic E-state index is 0.159. The molecule has 1 saturated carbocycles. The number of carbonyl (C=O) groups excluding carboxylic acids is 1. The average molecular weight is 224 g/mol. The summed E-state index contributed by atoms with van der Waals surface area (Å²) in [5.74, 6) is 0.554. The summed E-state index contributed by atoms with van der Waals surface area (Å²) >= 11 is 0. The molecule has 0 N–H and O–H groups in total. The van der Waals surface area contributed by atoms with Gasteiger partial charge in [-0.2, -0.15) is 0 Å². The molecular formula is C14H12N2O. The molecule has 84 valence electrons. The molecule has 2 aliphatic rings. The van der Waals surface area contributed by atoms with E-state index in [0.717, 1.165) is 18.5 Å².